The lowest BCUT2D eigenvalue weighted by Crippen LogP contribution is -2.16. The minimum absolute atomic E-state index is 0.916. The quantitative estimate of drug-likeness (QED) is 0.856. The number of aromatic nitrogens is 1. The number of para-hydroxylation sites is 1. The summed E-state index contributed by atoms with van der Waals surface area (Å²) in [5.41, 5.74) is 1.07. The van der Waals surface area contributed by atoms with Crippen LogP contribution < -0.4 is 5.32 Å². The molecule has 2 heteroatoms. The van der Waals surface area contributed by atoms with Crippen LogP contribution in [0.5, 0.6) is 0 Å². The number of fused-ring (bicyclic) bond motifs is 1. The number of pyridine rings is 1. The number of benzene rings is 1. The van der Waals surface area contributed by atoms with Crippen LogP contribution in [0.3, 0.4) is 0 Å². The van der Waals surface area contributed by atoms with Crippen LogP contribution in [0.2, 0.25) is 0 Å². The third kappa shape index (κ3) is 3.30. The Kier molecular flexibility index (Phi) is 4.19. The van der Waals surface area contributed by atoms with Gasteiger partial charge in [-0.1, -0.05) is 50.8 Å². The number of nitrogens with one attached hydrogen (secondary N) is 1. The van der Waals surface area contributed by atoms with Gasteiger partial charge in [-0.05, 0) is 36.5 Å². The van der Waals surface area contributed by atoms with E-state index in [2.05, 4.69) is 47.6 Å². The first-order valence-corrected chi connectivity index (χ1v) is 7.91. The topological polar surface area (TPSA) is 24.9 Å². The molecular formula is C18H24N2. The fraction of sp³-hybridized carbons (Fsp3) is 0.500. The van der Waals surface area contributed by atoms with Gasteiger partial charge in [-0.15, -0.1) is 0 Å². The zero-order valence-corrected chi connectivity index (χ0v) is 12.3. The van der Waals surface area contributed by atoms with Crippen molar-refractivity contribution in [1.29, 1.82) is 0 Å². The van der Waals surface area contributed by atoms with Crippen LogP contribution in [0.25, 0.3) is 10.9 Å². The Balaban J connectivity index is 1.52. The molecule has 0 spiro atoms. The predicted octanol–water partition coefficient (Wildman–Crippen LogP) is 4.86. The summed E-state index contributed by atoms with van der Waals surface area (Å²) in [5, 5.41) is 4.69. The molecule has 1 aliphatic carbocycles. The van der Waals surface area contributed by atoms with Gasteiger partial charge >= 0.3 is 0 Å². The standard InChI is InChI=1S/C18H24N2/c1-14-6-8-15(9-7-14)12-13-19-18-11-10-16-4-2-3-5-17(16)20-18/h2-5,10-11,14-15H,6-9,12-13H2,1H3,(H,19,20). The Morgan fingerprint density at radius 3 is 2.70 bits per heavy atom. The second-order valence-electron chi connectivity index (χ2n) is 6.23. The lowest BCUT2D eigenvalue weighted by atomic mass is 9.81. The molecule has 1 saturated carbocycles. The van der Waals surface area contributed by atoms with E-state index in [1.165, 1.54) is 37.5 Å². The van der Waals surface area contributed by atoms with Crippen LogP contribution in [0.1, 0.15) is 39.0 Å². The van der Waals surface area contributed by atoms with Gasteiger partial charge in [-0.2, -0.15) is 0 Å². The monoisotopic (exact) mass is 268 g/mol. The molecular weight excluding hydrogens is 244 g/mol. The van der Waals surface area contributed by atoms with Gasteiger partial charge in [0, 0.05) is 11.9 Å². The Morgan fingerprint density at radius 1 is 1.05 bits per heavy atom. The second-order valence-corrected chi connectivity index (χ2v) is 6.23. The summed E-state index contributed by atoms with van der Waals surface area (Å²) < 4.78 is 0. The highest BCUT2D eigenvalue weighted by molar-refractivity contribution is 5.79. The maximum absolute atomic E-state index is 4.66. The van der Waals surface area contributed by atoms with Gasteiger partial charge in [-0.3, -0.25) is 0 Å². The molecule has 0 saturated heterocycles. The minimum atomic E-state index is 0.916. The normalized spacial score (nSPS) is 22.9. The molecule has 0 unspecified atom stereocenters. The summed E-state index contributed by atoms with van der Waals surface area (Å²) in [7, 11) is 0. The summed E-state index contributed by atoms with van der Waals surface area (Å²) in [4.78, 5) is 4.66. The minimum Gasteiger partial charge on any atom is -0.370 e. The third-order valence-electron chi connectivity index (χ3n) is 4.59. The Hall–Kier alpha value is -1.57. The molecule has 0 aliphatic heterocycles. The summed E-state index contributed by atoms with van der Waals surface area (Å²) in [6.07, 6.45) is 6.93. The Labute approximate surface area is 121 Å². The SMILES string of the molecule is CC1CCC(CCNc2ccc3ccccc3n2)CC1. The van der Waals surface area contributed by atoms with Crippen molar-refractivity contribution >= 4 is 16.7 Å². The van der Waals surface area contributed by atoms with Crippen LogP contribution in [0.4, 0.5) is 5.82 Å². The van der Waals surface area contributed by atoms with Crippen LogP contribution in [0.15, 0.2) is 36.4 Å². The fourth-order valence-corrected chi connectivity index (χ4v) is 3.19. The van der Waals surface area contributed by atoms with Crippen LogP contribution in [-0.4, -0.2) is 11.5 Å². The van der Waals surface area contributed by atoms with Crippen molar-refractivity contribution in [2.45, 2.75) is 39.0 Å². The van der Waals surface area contributed by atoms with Gasteiger partial charge in [0.05, 0.1) is 5.52 Å². The van der Waals surface area contributed by atoms with Gasteiger partial charge in [-0.25, -0.2) is 4.98 Å². The first-order valence-electron chi connectivity index (χ1n) is 7.91. The lowest BCUT2D eigenvalue weighted by Gasteiger charge is -2.26. The van der Waals surface area contributed by atoms with Crippen molar-refractivity contribution in [3.8, 4) is 0 Å². The van der Waals surface area contributed by atoms with Gasteiger partial charge in [0.15, 0.2) is 0 Å². The zero-order valence-electron chi connectivity index (χ0n) is 12.3. The summed E-state index contributed by atoms with van der Waals surface area (Å²) in [6.45, 7) is 3.43. The van der Waals surface area contributed by atoms with Crippen molar-refractivity contribution in [2.75, 3.05) is 11.9 Å². The van der Waals surface area contributed by atoms with Gasteiger partial charge in [0.25, 0.3) is 0 Å². The third-order valence-corrected chi connectivity index (χ3v) is 4.59. The maximum atomic E-state index is 4.66. The summed E-state index contributed by atoms with van der Waals surface area (Å²) in [5.74, 6) is 2.87. The number of anilines is 1. The molecule has 0 radical (unpaired) electrons. The molecule has 1 aromatic heterocycles. The molecule has 1 heterocycles. The molecule has 1 aliphatic rings. The Morgan fingerprint density at radius 2 is 1.85 bits per heavy atom. The van der Waals surface area contributed by atoms with Crippen molar-refractivity contribution < 1.29 is 0 Å². The summed E-state index contributed by atoms with van der Waals surface area (Å²) in [6, 6.07) is 12.5. The van der Waals surface area contributed by atoms with Gasteiger partial charge in [0.2, 0.25) is 0 Å². The van der Waals surface area contributed by atoms with E-state index in [4.69, 9.17) is 0 Å². The lowest BCUT2D eigenvalue weighted by molar-refractivity contribution is 0.282. The highest BCUT2D eigenvalue weighted by atomic mass is 15.0. The van der Waals surface area contributed by atoms with Crippen LogP contribution in [-0.2, 0) is 0 Å². The highest BCUT2D eigenvalue weighted by Crippen LogP contribution is 2.30. The number of hydrogen-bond donors (Lipinski definition) is 1. The smallest absolute Gasteiger partial charge is 0.126 e. The maximum Gasteiger partial charge on any atom is 0.126 e. The number of nitrogens with zero attached hydrogens (tertiary/aromatic N) is 1. The van der Waals surface area contributed by atoms with E-state index in [0.717, 1.165) is 29.7 Å². The molecule has 0 amide bonds. The first-order chi connectivity index (χ1) is 9.81. The van der Waals surface area contributed by atoms with Crippen molar-refractivity contribution in [3.05, 3.63) is 36.4 Å². The second kappa shape index (κ2) is 6.25. The van der Waals surface area contributed by atoms with Gasteiger partial charge < -0.3 is 5.32 Å². The van der Waals surface area contributed by atoms with Crippen LogP contribution in [0, 0.1) is 11.8 Å². The molecule has 3 rings (SSSR count). The Bertz CT molecular complexity index is 556. The largest absolute Gasteiger partial charge is 0.370 e. The molecule has 106 valence electrons. The van der Waals surface area contributed by atoms with Crippen molar-refractivity contribution in [3.63, 3.8) is 0 Å². The summed E-state index contributed by atoms with van der Waals surface area (Å²) >= 11 is 0. The zero-order chi connectivity index (χ0) is 13.8. The fourth-order valence-electron chi connectivity index (χ4n) is 3.19. The van der Waals surface area contributed by atoms with E-state index in [1.807, 2.05) is 6.07 Å². The number of rotatable bonds is 4. The van der Waals surface area contributed by atoms with Gasteiger partial charge in [0.1, 0.15) is 5.82 Å². The molecule has 0 atom stereocenters. The molecule has 1 fully saturated rings. The first kappa shape index (κ1) is 13.4. The van der Waals surface area contributed by atoms with E-state index >= 15 is 0 Å². The molecule has 2 aromatic rings. The van der Waals surface area contributed by atoms with Crippen molar-refractivity contribution in [1.82, 2.24) is 4.98 Å². The molecule has 20 heavy (non-hydrogen) atoms. The molecule has 0 bridgehead atoms. The molecule has 1 N–H and O–H groups in total. The van der Waals surface area contributed by atoms with E-state index in [9.17, 15) is 0 Å². The average Bonchev–Trinajstić information content (AvgIpc) is 2.49. The highest BCUT2D eigenvalue weighted by Gasteiger charge is 2.17. The van der Waals surface area contributed by atoms with Crippen molar-refractivity contribution in [2.24, 2.45) is 11.8 Å². The van der Waals surface area contributed by atoms with E-state index in [1.54, 1.807) is 0 Å². The van der Waals surface area contributed by atoms with Crippen LogP contribution >= 0.6 is 0 Å². The molecule has 1 aromatic carbocycles. The average molecular weight is 268 g/mol. The number of hydrogen-bond acceptors (Lipinski definition) is 2. The predicted molar refractivity (Wildman–Crippen MR) is 86.0 cm³/mol. The van der Waals surface area contributed by atoms with E-state index < -0.39 is 0 Å². The van der Waals surface area contributed by atoms with E-state index in [0.29, 0.717) is 0 Å². The molecule has 2 nitrogen and oxygen atoms in total. The van der Waals surface area contributed by atoms with E-state index in [-0.39, 0.29) is 0 Å².